The maximum Gasteiger partial charge on any atom is 0.586 e. The number of hydrogen-bond acceptors (Lipinski definition) is 7. The topological polar surface area (TPSA) is 137 Å². The van der Waals surface area contributed by atoms with Crippen molar-refractivity contribution in [2.24, 2.45) is 0 Å². The van der Waals surface area contributed by atoms with Crippen LogP contribution in [0.5, 0.6) is 11.5 Å². The van der Waals surface area contributed by atoms with Gasteiger partial charge in [-0.05, 0) is 35.7 Å². The largest absolute Gasteiger partial charge is 0.593 e. The Balaban J connectivity index is 1.28. The summed E-state index contributed by atoms with van der Waals surface area (Å²) in [5.74, 6) is -1.90. The third kappa shape index (κ3) is 4.02. The van der Waals surface area contributed by atoms with E-state index in [4.69, 9.17) is 0 Å². The molecule has 2 aromatic rings. The number of hydrogen-bond donors (Lipinski definition) is 2. The van der Waals surface area contributed by atoms with Crippen molar-refractivity contribution in [3.05, 3.63) is 53.1 Å². The summed E-state index contributed by atoms with van der Waals surface area (Å²) >= 11 is 0. The number of piperidine rings is 1. The van der Waals surface area contributed by atoms with Crippen LogP contribution in [0.2, 0.25) is 0 Å². The Morgan fingerprint density at radius 1 is 1.15 bits per heavy atom. The van der Waals surface area contributed by atoms with Crippen molar-refractivity contribution in [2.45, 2.75) is 43.2 Å². The standard InChI is InChI=1S/C21H17F2N3O7S/c22-21(23)32-16-5-2-13(8-17(16)33-21)34(30,31)24-9-11-1-3-14-12(7-11)10-26(20(14)29)15-4-6-18(27)25-19(15)28/h1-3,5,7-8,15H,4,6,9-10H2,(H2-,24,25,27,28,30,31). The highest BCUT2D eigenvalue weighted by molar-refractivity contribution is 7.95. The number of imide groups is 1. The zero-order chi connectivity index (χ0) is 24.3. The molecule has 5 rings (SSSR count). The van der Waals surface area contributed by atoms with Gasteiger partial charge in [0.2, 0.25) is 11.8 Å². The molecular formula is C21H17F2N3O7S. The van der Waals surface area contributed by atoms with E-state index in [-0.39, 0.29) is 48.4 Å². The first-order valence-corrected chi connectivity index (χ1v) is 11.7. The van der Waals surface area contributed by atoms with E-state index in [0.29, 0.717) is 16.7 Å². The molecule has 0 radical (unpaired) electrons. The van der Waals surface area contributed by atoms with Gasteiger partial charge in [0, 0.05) is 24.6 Å². The van der Waals surface area contributed by atoms with Crippen LogP contribution < -0.4 is 19.5 Å². The molecule has 13 heteroatoms. The summed E-state index contributed by atoms with van der Waals surface area (Å²) in [4.78, 5) is 37.4. The average molecular weight is 493 g/mol. The minimum absolute atomic E-state index is 0.132. The maximum absolute atomic E-state index is 13.2. The van der Waals surface area contributed by atoms with E-state index in [1.165, 1.54) is 4.90 Å². The molecule has 3 aliphatic heterocycles. The number of carbonyl (C=O) groups excluding carboxylic acids is 3. The lowest BCUT2D eigenvalue weighted by Gasteiger charge is -2.29. The van der Waals surface area contributed by atoms with E-state index in [9.17, 15) is 31.9 Å². The van der Waals surface area contributed by atoms with Crippen LogP contribution in [0.4, 0.5) is 8.78 Å². The van der Waals surface area contributed by atoms with Crippen LogP contribution in [0.1, 0.15) is 34.3 Å². The number of sulfonamides is 1. The number of benzene rings is 2. The molecule has 2 atom stereocenters. The van der Waals surface area contributed by atoms with E-state index in [1.807, 2.05) is 0 Å². The van der Waals surface area contributed by atoms with E-state index in [1.54, 1.807) is 18.2 Å². The molecule has 0 bridgehead atoms. The number of alkyl halides is 2. The van der Waals surface area contributed by atoms with E-state index in [2.05, 4.69) is 19.5 Å². The van der Waals surface area contributed by atoms with Crippen molar-refractivity contribution in [2.75, 3.05) is 0 Å². The Bertz CT molecular complexity index is 1290. The smallest absolute Gasteiger partial charge is 0.586 e. The van der Waals surface area contributed by atoms with Gasteiger partial charge in [-0.1, -0.05) is 16.3 Å². The first-order valence-electron chi connectivity index (χ1n) is 10.2. The number of ether oxygens (including phenoxy) is 2. The fourth-order valence-electron chi connectivity index (χ4n) is 4.10. The minimum atomic E-state index is -4.08. The van der Waals surface area contributed by atoms with Crippen LogP contribution >= 0.6 is 0 Å². The van der Waals surface area contributed by atoms with Crippen molar-refractivity contribution in [3.63, 3.8) is 0 Å². The van der Waals surface area contributed by atoms with Crippen LogP contribution in [-0.4, -0.2) is 39.5 Å². The summed E-state index contributed by atoms with van der Waals surface area (Å²) in [5, 5.41) is 2.23. The predicted octanol–water partition coefficient (Wildman–Crippen LogP) is 1.46. The highest BCUT2D eigenvalue weighted by Gasteiger charge is 2.44. The number of rotatable bonds is 5. The maximum atomic E-state index is 13.2. The van der Waals surface area contributed by atoms with Gasteiger partial charge in [0.15, 0.2) is 26.8 Å². The van der Waals surface area contributed by atoms with Gasteiger partial charge in [-0.2, -0.15) is 0 Å². The molecule has 0 spiro atoms. The number of carbonyl (C=O) groups is 3. The Hall–Kier alpha value is -3.42. The summed E-state index contributed by atoms with van der Waals surface area (Å²) in [7, 11) is -4.08. The van der Waals surface area contributed by atoms with Crippen LogP contribution in [0, 0.1) is 0 Å². The molecule has 2 aromatic carbocycles. The first-order chi connectivity index (χ1) is 16.0. The molecule has 2 unspecified atom stereocenters. The van der Waals surface area contributed by atoms with Gasteiger partial charge in [0.1, 0.15) is 6.04 Å². The van der Waals surface area contributed by atoms with Gasteiger partial charge in [0.05, 0.1) is 6.54 Å². The molecule has 178 valence electrons. The van der Waals surface area contributed by atoms with Gasteiger partial charge in [0.25, 0.3) is 5.91 Å². The Labute approximate surface area is 192 Å². The molecule has 0 aliphatic carbocycles. The van der Waals surface area contributed by atoms with Crippen LogP contribution in [-0.2, 0) is 37.3 Å². The molecule has 0 saturated carbocycles. The van der Waals surface area contributed by atoms with Crippen molar-refractivity contribution in [1.29, 1.82) is 0 Å². The molecule has 10 nitrogen and oxygen atoms in total. The lowest BCUT2D eigenvalue weighted by molar-refractivity contribution is -0.286. The minimum Gasteiger partial charge on any atom is -0.593 e. The third-order valence-corrected chi connectivity index (χ3v) is 7.14. The second-order valence-corrected chi connectivity index (χ2v) is 9.76. The van der Waals surface area contributed by atoms with Crippen LogP contribution in [0.15, 0.2) is 41.3 Å². The fraction of sp³-hybridized carbons (Fsp3) is 0.286. The molecule has 3 heterocycles. The zero-order valence-electron chi connectivity index (χ0n) is 17.3. The first kappa shape index (κ1) is 22.4. The van der Waals surface area contributed by atoms with Gasteiger partial charge < -0.3 is 18.9 Å². The molecule has 3 aliphatic rings. The second-order valence-electron chi connectivity index (χ2n) is 7.99. The van der Waals surface area contributed by atoms with Crippen molar-refractivity contribution in [3.8, 4) is 11.5 Å². The van der Waals surface area contributed by atoms with Crippen molar-refractivity contribution >= 4 is 28.1 Å². The van der Waals surface area contributed by atoms with E-state index >= 15 is 0 Å². The molecular weight excluding hydrogens is 476 g/mol. The summed E-state index contributed by atoms with van der Waals surface area (Å²) < 4.78 is 62.6. The number of halogens is 2. The number of fused-ring (bicyclic) bond motifs is 2. The molecule has 1 fully saturated rings. The highest BCUT2D eigenvalue weighted by atomic mass is 32.3. The summed E-state index contributed by atoms with van der Waals surface area (Å²) in [6, 6.07) is 7.17. The molecule has 1 saturated heterocycles. The van der Waals surface area contributed by atoms with E-state index in [0.717, 1.165) is 18.2 Å². The fourth-order valence-corrected chi connectivity index (χ4v) is 5.13. The predicted molar refractivity (Wildman–Crippen MR) is 109 cm³/mol. The van der Waals surface area contributed by atoms with Gasteiger partial charge >= 0.3 is 6.29 Å². The van der Waals surface area contributed by atoms with Crippen molar-refractivity contribution in [1.82, 2.24) is 14.9 Å². The Morgan fingerprint density at radius 2 is 1.91 bits per heavy atom. The van der Waals surface area contributed by atoms with Crippen molar-refractivity contribution < 1.29 is 41.4 Å². The average Bonchev–Trinajstić information content (AvgIpc) is 3.26. The van der Waals surface area contributed by atoms with Gasteiger partial charge in [-0.15, -0.1) is 13.5 Å². The zero-order valence-corrected chi connectivity index (χ0v) is 18.2. The van der Waals surface area contributed by atoms with E-state index < -0.39 is 34.4 Å². The normalized spacial score (nSPS) is 22.4. The Kier molecular flexibility index (Phi) is 5.15. The third-order valence-electron chi connectivity index (χ3n) is 5.74. The summed E-state index contributed by atoms with van der Waals surface area (Å²) in [5.41, 5.74) is 1.57. The highest BCUT2D eigenvalue weighted by Crippen LogP contribution is 2.42. The molecule has 2 N–H and O–H groups in total. The Morgan fingerprint density at radius 3 is 2.68 bits per heavy atom. The lowest BCUT2D eigenvalue weighted by Crippen LogP contribution is -2.52. The number of nitrogens with one attached hydrogen (secondary N) is 2. The monoisotopic (exact) mass is 493 g/mol. The van der Waals surface area contributed by atoms with Crippen LogP contribution in [0.25, 0.3) is 0 Å². The molecule has 3 amide bonds. The summed E-state index contributed by atoms with van der Waals surface area (Å²) in [6.45, 7) is 0.0181. The van der Waals surface area contributed by atoms with Gasteiger partial charge in [-0.3, -0.25) is 19.7 Å². The van der Waals surface area contributed by atoms with Crippen LogP contribution in [0.3, 0.4) is 0 Å². The SMILES string of the molecule is O=C1CCC(N2Cc3cc(CN[S+](=O)([O-])c4ccc5c(c4)OC(F)(F)O5)ccc3C2=O)C(=O)N1. The quantitative estimate of drug-likeness (QED) is 0.475. The molecule has 34 heavy (non-hydrogen) atoms. The number of nitrogens with zero attached hydrogens (tertiary/aromatic N) is 1. The number of amides is 3. The van der Waals surface area contributed by atoms with Gasteiger partial charge in [-0.25, -0.2) is 0 Å². The molecule has 0 aromatic heterocycles. The second kappa shape index (κ2) is 7.82. The summed E-state index contributed by atoms with van der Waals surface area (Å²) in [6.07, 6.45) is -3.48. The lowest BCUT2D eigenvalue weighted by atomic mass is 10.0.